The SMILES string of the molecule is COc1cc(C(F)(F)F)ccc1-c1nccc2cc(S(=O)(=O)Cc3ncc(F)s3)ccc12.O=C(O)C(F)(F)F. The fraction of sp³-hybridized carbons (Fsp3) is 0.174. The minimum Gasteiger partial charge on any atom is -0.496 e. The van der Waals surface area contributed by atoms with E-state index < -0.39 is 44.6 Å². The molecule has 0 atom stereocenters. The van der Waals surface area contributed by atoms with Crippen molar-refractivity contribution in [2.75, 3.05) is 7.11 Å². The number of thiazole rings is 1. The molecule has 1 N–H and O–H groups in total. The monoisotopic (exact) mass is 596 g/mol. The maximum absolute atomic E-state index is 13.2. The molecule has 0 saturated heterocycles. The summed E-state index contributed by atoms with van der Waals surface area (Å²) in [5.41, 5.74) is -0.177. The largest absolute Gasteiger partial charge is 0.496 e. The van der Waals surface area contributed by atoms with Gasteiger partial charge < -0.3 is 9.84 Å². The number of alkyl halides is 6. The lowest BCUT2D eigenvalue weighted by Crippen LogP contribution is -2.21. The summed E-state index contributed by atoms with van der Waals surface area (Å²) in [5.74, 6) is -3.22. The number of aromatic nitrogens is 2. The smallest absolute Gasteiger partial charge is 0.490 e. The Hall–Kier alpha value is -3.79. The van der Waals surface area contributed by atoms with E-state index in [4.69, 9.17) is 14.6 Å². The Labute approximate surface area is 219 Å². The van der Waals surface area contributed by atoms with Crippen LogP contribution in [0.4, 0.5) is 30.7 Å². The molecule has 7 nitrogen and oxygen atoms in total. The highest BCUT2D eigenvalue weighted by molar-refractivity contribution is 7.90. The van der Waals surface area contributed by atoms with Gasteiger partial charge in [-0.15, -0.1) is 0 Å². The van der Waals surface area contributed by atoms with Crippen molar-refractivity contribution in [3.63, 3.8) is 0 Å². The highest BCUT2D eigenvalue weighted by atomic mass is 32.2. The average molecular weight is 597 g/mol. The van der Waals surface area contributed by atoms with Gasteiger partial charge in [0.1, 0.15) is 16.5 Å². The Kier molecular flexibility index (Phi) is 8.50. The Morgan fingerprint density at radius 3 is 2.23 bits per heavy atom. The van der Waals surface area contributed by atoms with E-state index in [1.807, 2.05) is 0 Å². The number of ether oxygens (including phenoxy) is 1. The van der Waals surface area contributed by atoms with Crippen LogP contribution in [0.15, 0.2) is 59.8 Å². The number of methoxy groups -OCH3 is 1. The van der Waals surface area contributed by atoms with Crippen LogP contribution in [0.1, 0.15) is 10.6 Å². The third-order valence-corrected chi connectivity index (χ3v) is 7.55. The molecule has 4 aromatic rings. The molecule has 2 aromatic heterocycles. The standard InChI is InChI=1S/C21H14F4N2O3S2.C2HF3O2/c1-30-17-9-13(21(23,24)25)2-4-16(17)20-15-5-3-14(8-12(15)6-7-26-20)32(28,29)11-19-27-10-18(22)31-19;3-2(4,5)1(6)7/h2-10H,11H2,1H3;(H,6,7). The number of sulfone groups is 1. The maximum Gasteiger partial charge on any atom is 0.490 e. The molecule has 0 saturated carbocycles. The molecule has 2 aromatic carbocycles. The predicted octanol–water partition coefficient (Wildman–Crippen LogP) is 6.13. The molecule has 0 aliphatic heterocycles. The highest BCUT2D eigenvalue weighted by Crippen LogP contribution is 2.39. The zero-order chi connectivity index (χ0) is 29.2. The molecular weight excluding hydrogens is 581 g/mol. The number of carboxylic acids is 1. The van der Waals surface area contributed by atoms with Gasteiger partial charge in [-0.2, -0.15) is 30.7 Å². The van der Waals surface area contributed by atoms with Gasteiger partial charge in [-0.1, -0.05) is 17.4 Å². The van der Waals surface area contributed by atoms with E-state index in [1.54, 1.807) is 6.07 Å². The number of carboxylic acid groups (broad SMARTS) is 1. The van der Waals surface area contributed by atoms with Crippen molar-refractivity contribution in [2.24, 2.45) is 0 Å². The second-order valence-corrected chi connectivity index (χ2v) is 10.6. The van der Waals surface area contributed by atoms with Gasteiger partial charge in [0.05, 0.1) is 29.5 Å². The molecule has 0 aliphatic rings. The number of aliphatic carboxylic acids is 1. The van der Waals surface area contributed by atoms with Crippen molar-refractivity contribution in [3.05, 3.63) is 70.6 Å². The van der Waals surface area contributed by atoms with Crippen LogP contribution in [0, 0.1) is 5.13 Å². The van der Waals surface area contributed by atoms with E-state index >= 15 is 0 Å². The van der Waals surface area contributed by atoms with E-state index in [0.29, 0.717) is 33.4 Å². The van der Waals surface area contributed by atoms with Crippen LogP contribution in [0.2, 0.25) is 0 Å². The minimum absolute atomic E-state index is 0.0112. The number of benzene rings is 2. The molecule has 39 heavy (non-hydrogen) atoms. The zero-order valence-electron chi connectivity index (χ0n) is 19.3. The van der Waals surface area contributed by atoms with Gasteiger partial charge in [0.25, 0.3) is 0 Å². The van der Waals surface area contributed by atoms with Crippen molar-refractivity contribution < 1.29 is 53.8 Å². The summed E-state index contributed by atoms with van der Waals surface area (Å²) in [7, 11) is -2.53. The third-order valence-electron chi connectivity index (χ3n) is 4.96. The van der Waals surface area contributed by atoms with Gasteiger partial charge in [0, 0.05) is 17.1 Å². The third kappa shape index (κ3) is 7.20. The Bertz CT molecular complexity index is 1620. The summed E-state index contributed by atoms with van der Waals surface area (Å²) in [6.45, 7) is 0. The Morgan fingerprint density at radius 1 is 1.03 bits per heavy atom. The van der Waals surface area contributed by atoms with Gasteiger partial charge in [-0.25, -0.2) is 18.2 Å². The molecule has 0 fully saturated rings. The van der Waals surface area contributed by atoms with Crippen molar-refractivity contribution in [3.8, 4) is 17.0 Å². The molecule has 2 heterocycles. The van der Waals surface area contributed by atoms with E-state index in [0.717, 1.165) is 18.3 Å². The zero-order valence-corrected chi connectivity index (χ0v) is 21.0. The first-order valence-electron chi connectivity index (χ1n) is 10.3. The quantitative estimate of drug-likeness (QED) is 0.276. The van der Waals surface area contributed by atoms with Gasteiger partial charge >= 0.3 is 18.3 Å². The van der Waals surface area contributed by atoms with Gasteiger partial charge in [0.2, 0.25) is 0 Å². The van der Waals surface area contributed by atoms with Crippen molar-refractivity contribution in [2.45, 2.75) is 23.0 Å². The fourth-order valence-electron chi connectivity index (χ4n) is 3.23. The van der Waals surface area contributed by atoms with E-state index in [-0.39, 0.29) is 15.7 Å². The van der Waals surface area contributed by atoms with Gasteiger partial charge in [-0.3, -0.25) is 4.98 Å². The lowest BCUT2D eigenvalue weighted by molar-refractivity contribution is -0.192. The first-order valence-corrected chi connectivity index (χ1v) is 12.8. The molecule has 0 radical (unpaired) electrons. The number of pyridine rings is 1. The average Bonchev–Trinajstić information content (AvgIpc) is 3.25. The molecule has 0 unspecified atom stereocenters. The number of carbonyl (C=O) groups is 1. The molecule has 208 valence electrons. The van der Waals surface area contributed by atoms with Crippen molar-refractivity contribution >= 4 is 37.9 Å². The molecule has 16 heteroatoms. The molecular formula is C23H15F7N2O5S2. The van der Waals surface area contributed by atoms with Gasteiger partial charge in [0.15, 0.2) is 15.0 Å². The van der Waals surface area contributed by atoms with Gasteiger partial charge in [-0.05, 0) is 41.8 Å². The van der Waals surface area contributed by atoms with Crippen LogP contribution in [-0.4, -0.2) is 42.7 Å². The number of fused-ring (bicyclic) bond motifs is 1. The summed E-state index contributed by atoms with van der Waals surface area (Å²) in [4.78, 5) is 16.9. The summed E-state index contributed by atoms with van der Waals surface area (Å²) in [6.07, 6.45) is -7.21. The number of nitrogens with zero attached hydrogens (tertiary/aromatic N) is 2. The predicted molar refractivity (Wildman–Crippen MR) is 125 cm³/mol. The summed E-state index contributed by atoms with van der Waals surface area (Å²) < 4.78 is 115. The van der Waals surface area contributed by atoms with Crippen LogP contribution in [0.25, 0.3) is 22.0 Å². The Morgan fingerprint density at radius 2 is 1.69 bits per heavy atom. The van der Waals surface area contributed by atoms with Crippen LogP contribution in [-0.2, 0) is 26.6 Å². The molecule has 0 bridgehead atoms. The van der Waals surface area contributed by atoms with E-state index in [9.17, 15) is 39.2 Å². The maximum atomic E-state index is 13.2. The topological polar surface area (TPSA) is 106 Å². The second-order valence-electron chi connectivity index (χ2n) is 7.58. The van der Waals surface area contributed by atoms with Crippen LogP contribution < -0.4 is 4.74 Å². The van der Waals surface area contributed by atoms with E-state index in [1.165, 1.54) is 37.6 Å². The first kappa shape index (κ1) is 29.8. The first-order chi connectivity index (χ1) is 18.0. The number of hydrogen-bond donors (Lipinski definition) is 1. The van der Waals surface area contributed by atoms with Crippen molar-refractivity contribution in [1.82, 2.24) is 9.97 Å². The molecule has 4 rings (SSSR count). The van der Waals surface area contributed by atoms with Crippen LogP contribution >= 0.6 is 11.3 Å². The normalized spacial score (nSPS) is 12.1. The summed E-state index contributed by atoms with van der Waals surface area (Å²) in [5, 5.41) is 7.73. The number of rotatable bonds is 5. The lowest BCUT2D eigenvalue weighted by atomic mass is 10.0. The fourth-order valence-corrected chi connectivity index (χ4v) is 5.51. The summed E-state index contributed by atoms with van der Waals surface area (Å²) in [6, 6.07) is 9.04. The van der Waals surface area contributed by atoms with E-state index in [2.05, 4.69) is 9.97 Å². The highest BCUT2D eigenvalue weighted by Gasteiger charge is 2.38. The van der Waals surface area contributed by atoms with Crippen LogP contribution in [0.3, 0.4) is 0 Å². The van der Waals surface area contributed by atoms with Crippen LogP contribution in [0.5, 0.6) is 5.75 Å². The number of halogens is 7. The molecule has 0 aliphatic carbocycles. The lowest BCUT2D eigenvalue weighted by Gasteiger charge is -2.14. The minimum atomic E-state index is -5.08. The van der Waals surface area contributed by atoms with Crippen molar-refractivity contribution in [1.29, 1.82) is 0 Å². The number of hydrogen-bond acceptors (Lipinski definition) is 7. The second kappa shape index (κ2) is 11.1. The molecule has 0 spiro atoms. The molecule has 0 amide bonds. The Balaban J connectivity index is 0.000000532. The summed E-state index contributed by atoms with van der Waals surface area (Å²) >= 11 is 0.659.